The van der Waals surface area contributed by atoms with Crippen molar-refractivity contribution in [2.24, 2.45) is 0 Å². The molecule has 0 bridgehead atoms. The van der Waals surface area contributed by atoms with Crippen molar-refractivity contribution in [3.8, 4) is 11.3 Å². The third-order valence-corrected chi connectivity index (χ3v) is 5.03. The van der Waals surface area contributed by atoms with Crippen molar-refractivity contribution >= 4 is 38.1 Å². The molecule has 26 heavy (non-hydrogen) atoms. The number of nitrogens with one attached hydrogen (secondary N) is 3. The van der Waals surface area contributed by atoms with Crippen LogP contribution >= 0.6 is 11.3 Å². The van der Waals surface area contributed by atoms with Crippen LogP contribution in [0.2, 0.25) is 0 Å². The Balaban J connectivity index is 1.59. The van der Waals surface area contributed by atoms with Gasteiger partial charge in [-0.25, -0.2) is 13.4 Å². The van der Waals surface area contributed by atoms with E-state index in [0.29, 0.717) is 30.5 Å². The van der Waals surface area contributed by atoms with Crippen molar-refractivity contribution in [2.75, 3.05) is 36.1 Å². The molecule has 1 amide bonds. The first-order chi connectivity index (χ1) is 12.4. The fraction of sp³-hybridized carbons (Fsp3) is 0.375. The highest BCUT2D eigenvalue weighted by Gasteiger charge is 2.17. The minimum atomic E-state index is -3.30. The van der Waals surface area contributed by atoms with Crippen LogP contribution in [0.25, 0.3) is 11.3 Å². The van der Waals surface area contributed by atoms with Crippen LogP contribution in [0.5, 0.6) is 0 Å². The molecule has 2 aromatic rings. The van der Waals surface area contributed by atoms with Gasteiger partial charge in [0.05, 0.1) is 25.2 Å². The molecule has 1 saturated heterocycles. The molecular weight excluding hydrogens is 376 g/mol. The molecule has 0 radical (unpaired) electrons. The van der Waals surface area contributed by atoms with Crippen molar-refractivity contribution in [1.29, 1.82) is 0 Å². The molecule has 3 rings (SSSR count). The molecule has 0 spiro atoms. The van der Waals surface area contributed by atoms with Gasteiger partial charge in [0, 0.05) is 35.6 Å². The third kappa shape index (κ3) is 5.49. The second-order valence-electron chi connectivity index (χ2n) is 5.97. The molecule has 8 nitrogen and oxygen atoms in total. The van der Waals surface area contributed by atoms with E-state index in [-0.39, 0.29) is 11.9 Å². The van der Waals surface area contributed by atoms with Crippen LogP contribution in [0.1, 0.15) is 6.42 Å². The fourth-order valence-electron chi connectivity index (χ4n) is 2.53. The predicted molar refractivity (Wildman–Crippen MR) is 102 cm³/mol. The van der Waals surface area contributed by atoms with Crippen molar-refractivity contribution in [3.05, 3.63) is 29.6 Å². The minimum absolute atomic E-state index is 0.0260. The number of hydrogen-bond acceptors (Lipinski definition) is 7. The van der Waals surface area contributed by atoms with E-state index >= 15 is 0 Å². The zero-order valence-corrected chi connectivity index (χ0v) is 15.8. The van der Waals surface area contributed by atoms with Crippen molar-refractivity contribution in [1.82, 2.24) is 10.3 Å². The van der Waals surface area contributed by atoms with E-state index in [1.807, 2.05) is 5.38 Å². The number of carbonyl (C=O) groups excluding carboxylic acids is 1. The number of hydrogen-bond donors (Lipinski definition) is 3. The van der Waals surface area contributed by atoms with Crippen LogP contribution in [-0.2, 0) is 19.6 Å². The number of ether oxygens (including phenoxy) is 1. The fourth-order valence-corrected chi connectivity index (χ4v) is 3.83. The van der Waals surface area contributed by atoms with Crippen LogP contribution < -0.4 is 15.4 Å². The second-order valence-corrected chi connectivity index (χ2v) is 8.57. The topological polar surface area (TPSA) is 109 Å². The maximum Gasteiger partial charge on any atom is 0.229 e. The maximum atomic E-state index is 12.1. The van der Waals surface area contributed by atoms with Gasteiger partial charge in [0.1, 0.15) is 0 Å². The Labute approximate surface area is 156 Å². The van der Waals surface area contributed by atoms with Crippen molar-refractivity contribution in [3.63, 3.8) is 0 Å². The SMILES string of the molecule is CS(=O)(=O)Nc1ccc(-c2csc(NC(=O)CC3COCCN3)n2)cc1. The quantitative estimate of drug-likeness (QED) is 0.683. The van der Waals surface area contributed by atoms with Gasteiger partial charge in [-0.2, -0.15) is 0 Å². The van der Waals surface area contributed by atoms with Gasteiger partial charge in [-0.05, 0) is 12.1 Å². The van der Waals surface area contributed by atoms with Crippen molar-refractivity contribution < 1.29 is 17.9 Å². The number of thiazole rings is 1. The van der Waals surface area contributed by atoms with Gasteiger partial charge in [-0.1, -0.05) is 12.1 Å². The van der Waals surface area contributed by atoms with E-state index in [4.69, 9.17) is 4.74 Å². The van der Waals surface area contributed by atoms with E-state index in [1.54, 1.807) is 24.3 Å². The normalized spacial score (nSPS) is 17.7. The molecule has 1 aromatic heterocycles. The molecule has 1 aromatic carbocycles. The average Bonchev–Trinajstić information content (AvgIpc) is 3.03. The molecule has 0 saturated carbocycles. The molecule has 1 aliphatic rings. The Hall–Kier alpha value is -2.01. The molecule has 140 valence electrons. The van der Waals surface area contributed by atoms with E-state index in [9.17, 15) is 13.2 Å². The van der Waals surface area contributed by atoms with Crippen LogP contribution in [-0.4, -0.2) is 51.4 Å². The average molecular weight is 396 g/mol. The first kappa shape index (κ1) is 18.8. The monoisotopic (exact) mass is 396 g/mol. The number of aromatic nitrogens is 1. The Morgan fingerprint density at radius 2 is 2.15 bits per heavy atom. The zero-order chi connectivity index (χ0) is 18.6. The van der Waals surface area contributed by atoms with E-state index < -0.39 is 10.0 Å². The van der Waals surface area contributed by atoms with E-state index in [2.05, 4.69) is 20.3 Å². The molecule has 1 fully saturated rings. The number of rotatable bonds is 6. The molecule has 3 N–H and O–H groups in total. The smallest absolute Gasteiger partial charge is 0.229 e. The number of amides is 1. The van der Waals surface area contributed by atoms with Crippen LogP contribution in [0.4, 0.5) is 10.8 Å². The summed E-state index contributed by atoms with van der Waals surface area (Å²) in [6.45, 7) is 1.96. The lowest BCUT2D eigenvalue weighted by Crippen LogP contribution is -2.43. The first-order valence-corrected chi connectivity index (χ1v) is 10.8. The lowest BCUT2D eigenvalue weighted by Gasteiger charge is -2.22. The highest BCUT2D eigenvalue weighted by Crippen LogP contribution is 2.26. The summed E-state index contributed by atoms with van der Waals surface area (Å²) in [6.07, 6.45) is 1.44. The molecule has 10 heteroatoms. The Morgan fingerprint density at radius 1 is 1.38 bits per heavy atom. The Morgan fingerprint density at radius 3 is 2.81 bits per heavy atom. The molecule has 2 heterocycles. The van der Waals surface area contributed by atoms with Gasteiger partial charge in [-0.15, -0.1) is 11.3 Å². The third-order valence-electron chi connectivity index (χ3n) is 3.66. The lowest BCUT2D eigenvalue weighted by molar-refractivity contribution is -0.117. The molecule has 1 atom stereocenters. The lowest BCUT2D eigenvalue weighted by atomic mass is 10.1. The maximum absolute atomic E-state index is 12.1. The number of nitrogens with zero attached hydrogens (tertiary/aromatic N) is 1. The van der Waals surface area contributed by atoms with Crippen molar-refractivity contribution in [2.45, 2.75) is 12.5 Å². The summed E-state index contributed by atoms with van der Waals surface area (Å²) in [6, 6.07) is 6.92. The van der Waals surface area contributed by atoms with Gasteiger partial charge in [-0.3, -0.25) is 9.52 Å². The zero-order valence-electron chi connectivity index (χ0n) is 14.2. The number of carbonyl (C=O) groups is 1. The van der Waals surface area contributed by atoms with E-state index in [1.165, 1.54) is 11.3 Å². The predicted octanol–water partition coefficient (Wildman–Crippen LogP) is 1.50. The first-order valence-electron chi connectivity index (χ1n) is 8.04. The number of anilines is 2. The van der Waals surface area contributed by atoms with Gasteiger partial charge in [0.25, 0.3) is 0 Å². The summed E-state index contributed by atoms with van der Waals surface area (Å²) in [7, 11) is -3.30. The molecule has 1 aliphatic heterocycles. The summed E-state index contributed by atoms with van der Waals surface area (Å²) in [5, 5.41) is 8.41. The largest absolute Gasteiger partial charge is 0.378 e. The van der Waals surface area contributed by atoms with Gasteiger partial charge < -0.3 is 15.4 Å². The highest BCUT2D eigenvalue weighted by molar-refractivity contribution is 7.92. The summed E-state index contributed by atoms with van der Waals surface area (Å²) < 4.78 is 30.2. The van der Waals surface area contributed by atoms with Crippen LogP contribution in [0.15, 0.2) is 29.6 Å². The highest BCUT2D eigenvalue weighted by atomic mass is 32.2. The molecular formula is C16H20N4O4S2. The van der Waals surface area contributed by atoms with Crippen LogP contribution in [0, 0.1) is 0 Å². The number of sulfonamides is 1. The Kier molecular flexibility index (Phi) is 5.87. The summed E-state index contributed by atoms with van der Waals surface area (Å²) >= 11 is 1.34. The minimum Gasteiger partial charge on any atom is -0.378 e. The van der Waals surface area contributed by atoms with E-state index in [0.717, 1.165) is 24.1 Å². The summed E-state index contributed by atoms with van der Waals surface area (Å²) in [4.78, 5) is 16.5. The summed E-state index contributed by atoms with van der Waals surface area (Å²) in [5.41, 5.74) is 2.04. The number of benzene rings is 1. The Bertz CT molecular complexity index is 859. The standard InChI is InChI=1S/C16H20N4O4S2/c1-26(22,23)20-12-4-2-11(3-5-12)14-10-25-16(18-14)19-15(21)8-13-9-24-7-6-17-13/h2-5,10,13,17,20H,6-9H2,1H3,(H,18,19,21). The molecule has 1 unspecified atom stereocenters. The number of morpholine rings is 1. The van der Waals surface area contributed by atoms with Gasteiger partial charge in [0.2, 0.25) is 15.9 Å². The second kappa shape index (κ2) is 8.12. The van der Waals surface area contributed by atoms with Gasteiger partial charge in [0.15, 0.2) is 5.13 Å². The van der Waals surface area contributed by atoms with Gasteiger partial charge >= 0.3 is 0 Å². The van der Waals surface area contributed by atoms with Crippen LogP contribution in [0.3, 0.4) is 0 Å². The molecule has 0 aliphatic carbocycles. The summed E-state index contributed by atoms with van der Waals surface area (Å²) in [5.74, 6) is -0.110.